The number of primary amides is 1. The minimum absolute atomic E-state index is 0.0101. The molecule has 1 aliphatic heterocycles. The van der Waals surface area contributed by atoms with Crippen molar-refractivity contribution in [3.8, 4) is 5.75 Å². The summed E-state index contributed by atoms with van der Waals surface area (Å²) in [5.41, 5.74) is 25.0. The molecule has 2 heterocycles. The third-order valence-electron chi connectivity index (χ3n) is 25.3. The summed E-state index contributed by atoms with van der Waals surface area (Å²) in [6.07, 6.45) is 18.6. The summed E-state index contributed by atoms with van der Waals surface area (Å²) in [7, 11) is 1.54. The van der Waals surface area contributed by atoms with Crippen LogP contribution in [0.15, 0.2) is 54.7 Å². The largest absolute Gasteiger partial charge is 0.508 e. The van der Waals surface area contributed by atoms with Gasteiger partial charge in [-0.05, 0) is 210 Å². The first-order valence-corrected chi connectivity index (χ1v) is 52.2. The number of likely N-dealkylation sites (tertiary alicyclic amines) is 1. The maximum Gasteiger partial charge on any atom is 0.326 e. The first-order valence-electron chi connectivity index (χ1n) is 52.2. The first-order chi connectivity index (χ1) is 69.6. The normalized spacial score (nSPS) is 15.3. The van der Waals surface area contributed by atoms with E-state index < -0.39 is 217 Å². The average molecular weight is 2060 g/mol. The molecule has 2 aromatic carbocycles. The van der Waals surface area contributed by atoms with Crippen molar-refractivity contribution in [1.82, 2.24) is 95.0 Å². The van der Waals surface area contributed by atoms with Crippen LogP contribution in [0.2, 0.25) is 0 Å². The number of aliphatic hydroxyl groups is 2. The monoisotopic (exact) mass is 2060 g/mol. The van der Waals surface area contributed by atoms with E-state index in [-0.39, 0.29) is 120 Å². The van der Waals surface area contributed by atoms with Gasteiger partial charge in [0.25, 0.3) is 0 Å². The molecule has 1 fully saturated rings. The molecule has 15 atom stereocenters. The lowest BCUT2D eigenvalue weighted by atomic mass is 9.99. The Bertz CT molecular complexity index is 4600. The van der Waals surface area contributed by atoms with Crippen LogP contribution in [0, 0.1) is 17.8 Å². The van der Waals surface area contributed by atoms with Gasteiger partial charge in [-0.3, -0.25) is 81.5 Å². The van der Waals surface area contributed by atoms with Gasteiger partial charge in [-0.25, -0.2) is 4.79 Å². The van der Waals surface area contributed by atoms with Crippen molar-refractivity contribution >= 4 is 117 Å². The van der Waals surface area contributed by atoms with E-state index in [1.54, 1.807) is 54.8 Å². The van der Waals surface area contributed by atoms with Gasteiger partial charge in [0, 0.05) is 43.0 Å². The highest BCUT2D eigenvalue weighted by atomic mass is 16.4. The minimum Gasteiger partial charge on any atom is -0.508 e. The number of carbonyl (C=O) groups excluding carboxylic acids is 17. The molecule has 3 aromatic rings. The number of nitrogens with two attached hydrogens (primary N) is 4. The van der Waals surface area contributed by atoms with E-state index in [1.165, 1.54) is 101 Å². The summed E-state index contributed by atoms with van der Waals surface area (Å²) in [6, 6.07) is -6.78. The van der Waals surface area contributed by atoms with Crippen molar-refractivity contribution < 1.29 is 107 Å². The summed E-state index contributed by atoms with van der Waals surface area (Å²) in [6.45, 7) is 13.6. The molecule has 17 amide bonds. The van der Waals surface area contributed by atoms with E-state index >= 15 is 0 Å². The number of hydrogen-bond acceptors (Lipinski definition) is 25. The Kier molecular flexibility index (Phi) is 60.5. The van der Waals surface area contributed by atoms with E-state index in [2.05, 4.69) is 97.0 Å². The molecule has 29 N–H and O–H groups in total. The van der Waals surface area contributed by atoms with Crippen LogP contribution in [-0.2, 0) is 99.1 Å². The molecule has 0 saturated carbocycles. The van der Waals surface area contributed by atoms with Gasteiger partial charge >= 0.3 is 5.97 Å². The number of phenols is 1. The Balaban J connectivity index is 1.42. The number of aliphatic carboxylic acids is 1. The number of benzene rings is 2. The number of carboxylic acids is 1. The number of phenolic OH excluding ortho intramolecular Hbond substituents is 1. The smallest absolute Gasteiger partial charge is 0.326 e. The quantitative estimate of drug-likeness (QED) is 0.0350. The number of likely N-dealkylation sites (N-methyl/N-ethyl adjacent to an activating group) is 1. The zero-order valence-electron chi connectivity index (χ0n) is 87.2. The van der Waals surface area contributed by atoms with E-state index in [4.69, 9.17) is 22.9 Å². The molecule has 1 aromatic heterocycles. The fraction of sp³-hybridized carbons (Fsp3) is 0.686. The van der Waals surface area contributed by atoms with Crippen molar-refractivity contribution in [3.05, 3.63) is 65.9 Å². The number of para-hydroxylation sites is 1. The Morgan fingerprint density at radius 2 is 0.870 bits per heavy atom. The highest BCUT2D eigenvalue weighted by Crippen LogP contribution is 2.24. The summed E-state index contributed by atoms with van der Waals surface area (Å²) >= 11 is 0. The fourth-order valence-corrected chi connectivity index (χ4v) is 17.0. The number of aromatic amines is 1. The van der Waals surface area contributed by atoms with Crippen LogP contribution in [-0.4, -0.2) is 287 Å². The summed E-state index contributed by atoms with van der Waals surface area (Å²) in [5, 5.41) is 84.0. The molecule has 1 aliphatic rings. The van der Waals surface area contributed by atoms with Gasteiger partial charge in [-0.2, -0.15) is 0 Å². The molecule has 44 nitrogen and oxygen atoms in total. The number of nitrogens with one attached hydrogen (secondary N) is 17. The summed E-state index contributed by atoms with van der Waals surface area (Å²) in [4.78, 5) is 255. The van der Waals surface area contributed by atoms with Crippen LogP contribution in [0.4, 0.5) is 0 Å². The molecule has 0 bridgehead atoms. The number of aromatic hydroxyl groups is 1. The third kappa shape index (κ3) is 48.6. The summed E-state index contributed by atoms with van der Waals surface area (Å²) in [5.74, 6) is -16.9. The predicted octanol–water partition coefficient (Wildman–Crippen LogP) is 0.934. The van der Waals surface area contributed by atoms with Gasteiger partial charge in [-0.15, -0.1) is 0 Å². The number of aliphatic hydroxyl groups excluding tert-OH is 2. The zero-order chi connectivity index (χ0) is 108. The van der Waals surface area contributed by atoms with Gasteiger partial charge in [0.2, 0.25) is 100 Å². The van der Waals surface area contributed by atoms with Crippen molar-refractivity contribution in [2.75, 3.05) is 59.5 Å². The standard InChI is InChI=1S/C102H170N22O22/c1-11-12-13-14-15-16-17-18-19-20-21-22-23-42-85(129)108-50-33-29-39-73(93(136)117-75(102(145)146)40-28-32-49-105)115-91(134)72(37-26-30-47-103)114-92(135)74(38-27-31-48-104)116-100(143)83-41-34-51-124(83)87(131)60-111-90(133)77(52-62(2)3)118-95(138)78(53-63(4)5)119-97(140)80(55-67-43-45-69(127)46-44-67)113-86(130)59-110-89(132)65(8)112-99(142)82(61-125)122-98(141)81(57-84(106)128)120-96(139)79(54-64(6)7)121-101(144)88(66(9)126)123-94(137)76(107-10)56-68-58-109-71-36-25-24-35-70(68)71/h24-25,35-36,43-46,58,62-66,72-83,88,107,109,125-127H,11-23,26-34,37-42,47-57,59-61,103-105H2,1-10H3,(H2,106,128)(H,108,129)(H,110,132)(H,111,133)(H,112,142)(H,113,130)(H,114,135)(H,115,134)(H,116,143)(H,117,136)(H,118,138)(H,119,140)(H,120,139)(H,121,144)(H,122,141)(H,123,137)(H,145,146)/t65-,66+,72-,73-,74-,75-,76-,77-,78-,79-,80-,81-,82-,83-,88-/m0/s1. The number of unbranched alkanes of at least 4 members (excludes halogenated alkanes) is 16. The average Bonchev–Trinajstić information content (AvgIpc) is 1.67. The first kappa shape index (κ1) is 126. The number of nitrogens with zero attached hydrogens (tertiary/aromatic N) is 1. The molecule has 44 heteroatoms. The van der Waals surface area contributed by atoms with Crippen LogP contribution in [0.5, 0.6) is 5.75 Å². The predicted molar refractivity (Wildman–Crippen MR) is 551 cm³/mol. The number of fused-ring (bicyclic) bond motifs is 1. The van der Waals surface area contributed by atoms with Gasteiger partial charge in [0.1, 0.15) is 84.3 Å². The second-order valence-corrected chi connectivity index (χ2v) is 39.4. The number of H-pyrrole nitrogens is 1. The van der Waals surface area contributed by atoms with Crippen molar-refractivity contribution in [2.45, 2.75) is 371 Å². The fourth-order valence-electron chi connectivity index (χ4n) is 17.0. The van der Waals surface area contributed by atoms with Crippen LogP contribution >= 0.6 is 0 Å². The molecule has 4 rings (SSSR count). The Hall–Kier alpha value is -12.0. The second kappa shape index (κ2) is 70.0. The van der Waals surface area contributed by atoms with E-state index in [9.17, 15) is 107 Å². The molecule has 820 valence electrons. The van der Waals surface area contributed by atoms with Gasteiger partial charge in [0.15, 0.2) is 0 Å². The molecular weight excluding hydrogens is 1890 g/mol. The minimum atomic E-state index is -1.87. The van der Waals surface area contributed by atoms with Crippen LogP contribution in [0.3, 0.4) is 0 Å². The molecular formula is C102H170N22O22. The van der Waals surface area contributed by atoms with Crippen molar-refractivity contribution in [3.63, 3.8) is 0 Å². The highest BCUT2D eigenvalue weighted by Gasteiger charge is 2.41. The lowest BCUT2D eigenvalue weighted by Crippen LogP contribution is -2.61. The Labute approximate surface area is 857 Å². The van der Waals surface area contributed by atoms with Gasteiger partial charge in [-0.1, -0.05) is 156 Å². The Morgan fingerprint density at radius 3 is 1.38 bits per heavy atom. The second-order valence-electron chi connectivity index (χ2n) is 39.4. The van der Waals surface area contributed by atoms with Crippen LogP contribution in [0.1, 0.15) is 279 Å². The topological polar surface area (TPSA) is 704 Å². The van der Waals surface area contributed by atoms with Gasteiger partial charge in [0.05, 0.1) is 38.3 Å². The zero-order valence-corrected chi connectivity index (χ0v) is 87.2. The molecule has 1 saturated heterocycles. The van der Waals surface area contributed by atoms with Crippen molar-refractivity contribution in [2.24, 2.45) is 40.7 Å². The maximum absolute atomic E-state index is 14.6. The van der Waals surface area contributed by atoms with E-state index in [0.717, 1.165) is 42.1 Å². The summed E-state index contributed by atoms with van der Waals surface area (Å²) < 4.78 is 0. The maximum atomic E-state index is 14.6. The number of hydrogen-bond donors (Lipinski definition) is 25. The van der Waals surface area contributed by atoms with Crippen molar-refractivity contribution in [1.29, 1.82) is 0 Å². The molecule has 0 unspecified atom stereocenters. The highest BCUT2D eigenvalue weighted by molar-refractivity contribution is 6.01. The molecule has 0 aliphatic carbocycles. The van der Waals surface area contributed by atoms with Crippen LogP contribution < -0.4 is 108 Å². The van der Waals surface area contributed by atoms with E-state index in [0.29, 0.717) is 76.3 Å². The number of carboxylic acid groups (broad SMARTS) is 1. The third-order valence-corrected chi connectivity index (χ3v) is 25.3. The van der Waals surface area contributed by atoms with Crippen LogP contribution in [0.25, 0.3) is 10.9 Å². The lowest BCUT2D eigenvalue weighted by molar-refractivity contribution is -0.142. The Morgan fingerprint density at radius 1 is 0.432 bits per heavy atom. The molecule has 0 radical (unpaired) electrons. The number of amides is 17. The molecule has 0 spiro atoms. The van der Waals surface area contributed by atoms with Gasteiger partial charge < -0.3 is 138 Å². The number of carbonyl (C=O) groups is 18. The number of rotatable bonds is 76. The lowest BCUT2D eigenvalue weighted by Gasteiger charge is -2.29. The molecule has 146 heavy (non-hydrogen) atoms. The SMILES string of the molecule is CCCCCCCCCCCCCCCC(=O)NCCCC[C@H](NC(=O)[C@H](CCCCN)NC(=O)[C@H](CCCCN)NC(=O)[C@@H]1CCCN1C(=O)CNC(=O)[C@H](CC(C)C)NC(=O)[C@H](CC(C)C)NC(=O)[C@H](Cc1ccc(O)cc1)NC(=O)CNC(=O)[C@H](C)NC(=O)[C@H](CO)NC(=O)[C@H](CC(N)=O)NC(=O)[C@H](CC(C)C)NC(=O)[C@@H](NC(=O)[C@H](Cc1c[nH]c2ccccc12)NC)[C@@H](C)O)C(=O)N[C@@H](CCCCN)C(=O)O. The number of aromatic nitrogens is 1. The van der Waals surface area contributed by atoms with E-state index in [1.807, 2.05) is 24.3 Å².